The second-order valence-electron chi connectivity index (χ2n) is 1.89. The Bertz CT molecular complexity index is 285. The number of H-pyrrole nitrogens is 1. The Morgan fingerprint density at radius 3 is 3.00 bits per heavy atom. The van der Waals surface area contributed by atoms with E-state index in [-0.39, 0.29) is 10.6 Å². The fourth-order valence-corrected chi connectivity index (χ4v) is 1.65. The molecule has 0 aromatic carbocycles. The summed E-state index contributed by atoms with van der Waals surface area (Å²) in [6.45, 7) is 0. The van der Waals surface area contributed by atoms with Gasteiger partial charge < -0.3 is 0 Å². The summed E-state index contributed by atoms with van der Waals surface area (Å²) < 4.78 is 0. The predicted molar refractivity (Wildman–Crippen MR) is 42.1 cm³/mol. The van der Waals surface area contributed by atoms with Gasteiger partial charge in [0.15, 0.2) is 0 Å². The lowest BCUT2D eigenvalue weighted by Gasteiger charge is -1.94. The lowest BCUT2D eigenvalue weighted by atomic mass is 10.3. The zero-order chi connectivity index (χ0) is 7.56. The first-order chi connectivity index (χ1) is 4.75. The topological polar surface area (TPSA) is 45.8 Å². The molecule has 1 aromatic heterocycles. The Labute approximate surface area is 70.8 Å². The summed E-state index contributed by atoms with van der Waals surface area (Å²) in [6, 6.07) is 0. The van der Waals surface area contributed by atoms with Crippen LogP contribution in [0.15, 0.2) is 11.0 Å². The molecule has 0 radical (unpaired) electrons. The van der Waals surface area contributed by atoms with Crippen LogP contribution in [0.5, 0.6) is 0 Å². The third kappa shape index (κ3) is 1.40. The Balaban J connectivity index is 3.28. The molecule has 0 saturated heterocycles. The van der Waals surface area contributed by atoms with E-state index in [4.69, 9.17) is 11.6 Å². The van der Waals surface area contributed by atoms with Gasteiger partial charge in [0, 0.05) is 0 Å². The number of nitrogens with one attached hydrogen (secondary N) is 1. The highest BCUT2D eigenvalue weighted by Gasteiger charge is 2.00. The molecule has 0 unspecified atom stereocenters. The monoisotopic (exact) mass is 172 g/mol. The van der Waals surface area contributed by atoms with Gasteiger partial charge in [-0.3, -0.25) is 4.79 Å². The van der Waals surface area contributed by atoms with Crippen LogP contribution >= 0.6 is 11.6 Å². The number of nitrogens with zero attached hydrogens (tertiary/aromatic N) is 1. The normalized spacial score (nSPS) is 9.70. The third-order valence-corrected chi connectivity index (χ3v) is 2.42. The summed E-state index contributed by atoms with van der Waals surface area (Å²) in [5.74, 6) is 0. The van der Waals surface area contributed by atoms with E-state index in [1.54, 1.807) is 6.20 Å². The van der Waals surface area contributed by atoms with E-state index in [0.29, 0.717) is 0 Å². The number of hydrogen-bond acceptors (Lipinski definition) is 2. The molecule has 10 heavy (non-hydrogen) atoms. The van der Waals surface area contributed by atoms with E-state index >= 15 is 0 Å². The molecule has 0 aliphatic heterocycles. The summed E-state index contributed by atoms with van der Waals surface area (Å²) >= 11 is 6.63. The van der Waals surface area contributed by atoms with E-state index in [1.165, 1.54) is 0 Å². The van der Waals surface area contributed by atoms with Crippen LogP contribution < -0.4 is 5.56 Å². The van der Waals surface area contributed by atoms with Gasteiger partial charge in [-0.15, -0.1) is 0 Å². The van der Waals surface area contributed by atoms with Crippen molar-refractivity contribution < 1.29 is 0 Å². The average Bonchev–Trinajstić information content (AvgIpc) is 1.95. The van der Waals surface area contributed by atoms with Crippen molar-refractivity contribution in [2.45, 2.75) is 5.28 Å². The molecular formula is C5H6AlClN2O. The van der Waals surface area contributed by atoms with Crippen molar-refractivity contribution in [3.8, 4) is 0 Å². The van der Waals surface area contributed by atoms with Crippen LogP contribution in [-0.4, -0.2) is 26.5 Å². The molecule has 52 valence electrons. The summed E-state index contributed by atoms with van der Waals surface area (Å²) in [7, 11) is 0. The fourth-order valence-electron chi connectivity index (χ4n) is 0.667. The van der Waals surface area contributed by atoms with Gasteiger partial charge in [-0.2, -0.15) is 5.10 Å². The van der Waals surface area contributed by atoms with E-state index in [2.05, 4.69) is 10.2 Å². The molecule has 0 spiro atoms. The van der Waals surface area contributed by atoms with Gasteiger partial charge in [0.05, 0.1) is 6.20 Å². The Kier molecular flexibility index (Phi) is 2.50. The Morgan fingerprint density at radius 1 is 1.80 bits per heavy atom. The van der Waals surface area contributed by atoms with Crippen molar-refractivity contribution >= 4 is 27.9 Å². The molecule has 0 amide bonds. The fraction of sp³-hybridized carbons (Fsp3) is 0.200. The zero-order valence-corrected chi connectivity index (χ0v) is 8.27. The van der Waals surface area contributed by atoms with E-state index in [9.17, 15) is 4.79 Å². The molecule has 3 nitrogen and oxygen atoms in total. The zero-order valence-electron chi connectivity index (χ0n) is 5.52. The average molecular weight is 173 g/mol. The maximum Gasteiger partial charge on any atom is 0.283 e. The van der Waals surface area contributed by atoms with Crippen LogP contribution in [0.3, 0.4) is 0 Å². The SMILES string of the molecule is O=c1[nH]ncc([CH2][AlH2])c1Cl. The highest BCUT2D eigenvalue weighted by atomic mass is 35.5. The molecule has 0 saturated carbocycles. The highest BCUT2D eigenvalue weighted by Crippen LogP contribution is 2.06. The lowest BCUT2D eigenvalue weighted by molar-refractivity contribution is 0.970. The molecule has 1 heterocycles. The summed E-state index contributed by atoms with van der Waals surface area (Å²) in [5.41, 5.74) is 0.548. The number of halogens is 1. The molecular weight excluding hydrogens is 167 g/mol. The van der Waals surface area contributed by atoms with Crippen LogP contribution in [0, 0.1) is 0 Å². The van der Waals surface area contributed by atoms with Gasteiger partial charge in [-0.1, -0.05) is 16.9 Å². The van der Waals surface area contributed by atoms with Crippen LogP contribution in [0.4, 0.5) is 0 Å². The summed E-state index contributed by atoms with van der Waals surface area (Å²) in [6.07, 6.45) is 1.59. The van der Waals surface area contributed by atoms with Gasteiger partial charge in [0.1, 0.15) is 5.02 Å². The number of hydrogen-bond donors (Lipinski definition) is 1. The molecule has 1 aromatic rings. The minimum atomic E-state index is -0.296. The third-order valence-electron chi connectivity index (χ3n) is 1.25. The van der Waals surface area contributed by atoms with Crippen molar-refractivity contribution in [1.82, 2.24) is 10.2 Å². The van der Waals surface area contributed by atoms with Crippen molar-refractivity contribution in [1.29, 1.82) is 0 Å². The number of rotatable bonds is 1. The van der Waals surface area contributed by atoms with Gasteiger partial charge in [0.25, 0.3) is 5.56 Å². The van der Waals surface area contributed by atoms with Gasteiger partial charge in [-0.05, 0) is 5.56 Å². The van der Waals surface area contributed by atoms with E-state index in [1.807, 2.05) is 0 Å². The van der Waals surface area contributed by atoms with E-state index < -0.39 is 0 Å². The quantitative estimate of drug-likeness (QED) is 0.584. The Hall–Kier alpha value is -0.298. The highest BCUT2D eigenvalue weighted by molar-refractivity contribution is 6.31. The lowest BCUT2D eigenvalue weighted by Crippen LogP contribution is -2.10. The standard InChI is InChI=1S/C5H4ClN2O.Al.2H/c1-3-2-7-8-5(9)4(3)6;;;/h2H,1H2,(H,8,9);;;. The second kappa shape index (κ2) is 3.20. The van der Waals surface area contributed by atoms with Gasteiger partial charge >= 0.3 is 0 Å². The van der Waals surface area contributed by atoms with Gasteiger partial charge in [0.2, 0.25) is 16.3 Å². The molecule has 0 aliphatic rings. The van der Waals surface area contributed by atoms with E-state index in [0.717, 1.165) is 27.1 Å². The van der Waals surface area contributed by atoms with Crippen molar-refractivity contribution in [2.75, 3.05) is 0 Å². The first kappa shape index (κ1) is 7.81. The van der Waals surface area contributed by atoms with Crippen LogP contribution in [0.2, 0.25) is 5.02 Å². The summed E-state index contributed by atoms with van der Waals surface area (Å²) in [5, 5.41) is 7.02. The largest absolute Gasteiger partial charge is 0.283 e. The Morgan fingerprint density at radius 2 is 2.50 bits per heavy atom. The van der Waals surface area contributed by atoms with Gasteiger partial charge in [-0.25, -0.2) is 5.10 Å². The van der Waals surface area contributed by atoms with Crippen molar-refractivity contribution in [3.63, 3.8) is 0 Å². The molecule has 0 bridgehead atoms. The van der Waals surface area contributed by atoms with Crippen molar-refractivity contribution in [3.05, 3.63) is 27.1 Å². The predicted octanol–water partition coefficient (Wildman–Crippen LogP) is -0.444. The van der Waals surface area contributed by atoms with Crippen LogP contribution in [0.1, 0.15) is 5.56 Å². The molecule has 1 N–H and O–H groups in total. The molecule has 0 aliphatic carbocycles. The minimum absolute atomic E-state index is 0.282. The van der Waals surface area contributed by atoms with Crippen molar-refractivity contribution in [2.24, 2.45) is 0 Å². The molecule has 0 atom stereocenters. The molecule has 5 heteroatoms. The molecule has 0 fully saturated rings. The first-order valence-electron chi connectivity index (χ1n) is 2.97. The van der Waals surface area contributed by atoms with Crippen LogP contribution in [-0.2, 0) is 5.28 Å². The van der Waals surface area contributed by atoms with Crippen LogP contribution in [0.25, 0.3) is 0 Å². The number of aromatic nitrogens is 2. The smallest absolute Gasteiger partial charge is 0.266 e. The molecule has 1 rings (SSSR count). The first-order valence-corrected chi connectivity index (χ1v) is 4.77. The minimum Gasteiger partial charge on any atom is -0.266 e. The second-order valence-corrected chi connectivity index (χ2v) is 2.98. The summed E-state index contributed by atoms with van der Waals surface area (Å²) in [4.78, 5) is 10.8. The maximum atomic E-state index is 10.8. The maximum absolute atomic E-state index is 10.8. The number of aromatic amines is 1.